The first kappa shape index (κ1) is 13.9. The van der Waals surface area contributed by atoms with Gasteiger partial charge in [-0.1, -0.05) is 23.7 Å². The van der Waals surface area contributed by atoms with E-state index in [0.717, 1.165) is 24.0 Å². The number of hydrogen-bond acceptors (Lipinski definition) is 3. The van der Waals surface area contributed by atoms with Crippen LogP contribution in [0.2, 0.25) is 4.34 Å². The number of hydrogen-bond donors (Lipinski definition) is 1. The maximum absolute atomic E-state index is 5.98. The molecular weight excluding hydrogens is 288 g/mol. The van der Waals surface area contributed by atoms with Crippen molar-refractivity contribution in [1.29, 1.82) is 0 Å². The van der Waals surface area contributed by atoms with Crippen molar-refractivity contribution in [2.24, 2.45) is 0 Å². The van der Waals surface area contributed by atoms with E-state index >= 15 is 0 Å². The highest BCUT2D eigenvalue weighted by atomic mass is 35.5. The first-order valence-corrected chi connectivity index (χ1v) is 8.18. The molecule has 0 unspecified atom stereocenters. The Morgan fingerprint density at radius 1 is 1.25 bits per heavy atom. The zero-order chi connectivity index (χ0) is 13.9. The Labute approximate surface area is 129 Å². The van der Waals surface area contributed by atoms with Crippen molar-refractivity contribution in [2.45, 2.75) is 25.9 Å². The van der Waals surface area contributed by atoms with Gasteiger partial charge in [0, 0.05) is 30.2 Å². The van der Waals surface area contributed by atoms with Gasteiger partial charge < -0.3 is 5.32 Å². The number of benzene rings is 1. The normalized spacial score (nSPS) is 14.2. The van der Waals surface area contributed by atoms with Crippen LogP contribution < -0.4 is 5.32 Å². The summed E-state index contributed by atoms with van der Waals surface area (Å²) < 4.78 is 0.869. The van der Waals surface area contributed by atoms with Crippen LogP contribution in [0.4, 0.5) is 5.69 Å². The van der Waals surface area contributed by atoms with Gasteiger partial charge >= 0.3 is 0 Å². The van der Waals surface area contributed by atoms with Gasteiger partial charge in [0.2, 0.25) is 0 Å². The summed E-state index contributed by atoms with van der Waals surface area (Å²) in [6.45, 7) is 3.03. The van der Waals surface area contributed by atoms with E-state index < -0.39 is 0 Å². The first-order chi connectivity index (χ1) is 9.70. The molecule has 0 aliphatic carbocycles. The van der Waals surface area contributed by atoms with E-state index in [2.05, 4.69) is 41.5 Å². The van der Waals surface area contributed by atoms with Gasteiger partial charge in [-0.25, -0.2) is 0 Å². The Morgan fingerprint density at radius 2 is 2.15 bits per heavy atom. The Hall–Kier alpha value is -1.03. The van der Waals surface area contributed by atoms with E-state index in [1.54, 1.807) is 11.3 Å². The van der Waals surface area contributed by atoms with E-state index in [1.807, 2.05) is 6.07 Å². The van der Waals surface area contributed by atoms with Gasteiger partial charge in [-0.2, -0.15) is 0 Å². The largest absolute Gasteiger partial charge is 0.385 e. The minimum atomic E-state index is 0.869. The highest BCUT2D eigenvalue weighted by Gasteiger charge is 2.10. The second-order valence-electron chi connectivity index (χ2n) is 5.40. The lowest BCUT2D eigenvalue weighted by molar-refractivity contribution is 0.322. The first-order valence-electron chi connectivity index (χ1n) is 6.99. The van der Waals surface area contributed by atoms with E-state index in [9.17, 15) is 0 Å². The molecule has 1 aliphatic heterocycles. The van der Waals surface area contributed by atoms with Crippen LogP contribution in [0.3, 0.4) is 0 Å². The van der Waals surface area contributed by atoms with Crippen LogP contribution in [-0.4, -0.2) is 18.5 Å². The molecule has 106 valence electrons. The molecule has 1 aromatic carbocycles. The summed E-state index contributed by atoms with van der Waals surface area (Å²) in [6.07, 6.45) is 2.43. The van der Waals surface area contributed by atoms with Gasteiger partial charge in [-0.05, 0) is 49.2 Å². The van der Waals surface area contributed by atoms with Crippen LogP contribution in [0.25, 0.3) is 0 Å². The van der Waals surface area contributed by atoms with Crippen LogP contribution in [-0.2, 0) is 19.5 Å². The summed E-state index contributed by atoms with van der Waals surface area (Å²) in [5, 5.41) is 3.46. The van der Waals surface area contributed by atoms with Gasteiger partial charge in [0.1, 0.15) is 0 Å². The van der Waals surface area contributed by atoms with E-state index in [4.69, 9.17) is 11.6 Å². The maximum Gasteiger partial charge on any atom is 0.0931 e. The standard InChI is InChI=1S/C16H19ClN2S/c1-19(11-14-5-7-16(17)20-14)10-12-4-6-15-13(9-12)3-2-8-18-15/h4-7,9,18H,2-3,8,10-11H2,1H3. The topological polar surface area (TPSA) is 15.3 Å². The fraction of sp³-hybridized carbons (Fsp3) is 0.375. The van der Waals surface area contributed by atoms with E-state index in [-0.39, 0.29) is 0 Å². The Kier molecular flexibility index (Phi) is 4.29. The Balaban J connectivity index is 1.65. The average molecular weight is 307 g/mol. The van der Waals surface area contributed by atoms with Crippen molar-refractivity contribution in [3.63, 3.8) is 0 Å². The van der Waals surface area contributed by atoms with Crippen molar-refractivity contribution < 1.29 is 0 Å². The van der Waals surface area contributed by atoms with E-state index in [1.165, 1.54) is 34.5 Å². The zero-order valence-corrected chi connectivity index (χ0v) is 13.2. The molecule has 1 aliphatic rings. The van der Waals surface area contributed by atoms with Crippen LogP contribution in [0, 0.1) is 0 Å². The van der Waals surface area contributed by atoms with Crippen molar-refractivity contribution in [3.8, 4) is 0 Å². The molecule has 4 heteroatoms. The lowest BCUT2D eigenvalue weighted by Gasteiger charge is -2.21. The summed E-state index contributed by atoms with van der Waals surface area (Å²) in [5.74, 6) is 0. The number of nitrogens with zero attached hydrogens (tertiary/aromatic N) is 1. The second kappa shape index (κ2) is 6.17. The summed E-state index contributed by atoms with van der Waals surface area (Å²) in [6, 6.07) is 10.9. The molecule has 1 aromatic heterocycles. The molecule has 3 rings (SSSR count). The molecule has 20 heavy (non-hydrogen) atoms. The summed E-state index contributed by atoms with van der Waals surface area (Å²) in [5.41, 5.74) is 4.16. The van der Waals surface area contributed by atoms with Crippen molar-refractivity contribution in [2.75, 3.05) is 18.9 Å². The molecule has 2 nitrogen and oxygen atoms in total. The van der Waals surface area contributed by atoms with Gasteiger partial charge in [-0.3, -0.25) is 4.90 Å². The molecule has 0 saturated heterocycles. The molecule has 2 aromatic rings. The molecule has 1 N–H and O–H groups in total. The predicted molar refractivity (Wildman–Crippen MR) is 87.8 cm³/mol. The molecule has 0 spiro atoms. The third kappa shape index (κ3) is 3.35. The highest BCUT2D eigenvalue weighted by molar-refractivity contribution is 7.16. The summed E-state index contributed by atoms with van der Waals surface area (Å²) in [4.78, 5) is 3.65. The SMILES string of the molecule is CN(Cc1ccc2c(c1)CCCN2)Cc1ccc(Cl)s1. The van der Waals surface area contributed by atoms with Crippen molar-refractivity contribution in [3.05, 3.63) is 50.7 Å². The van der Waals surface area contributed by atoms with Gasteiger partial charge in [0.25, 0.3) is 0 Å². The minimum absolute atomic E-state index is 0.869. The quantitative estimate of drug-likeness (QED) is 0.901. The number of fused-ring (bicyclic) bond motifs is 1. The molecule has 0 saturated carbocycles. The third-order valence-electron chi connectivity index (χ3n) is 3.62. The second-order valence-corrected chi connectivity index (χ2v) is 7.20. The van der Waals surface area contributed by atoms with Crippen LogP contribution in [0.1, 0.15) is 22.4 Å². The zero-order valence-electron chi connectivity index (χ0n) is 11.7. The van der Waals surface area contributed by atoms with Gasteiger partial charge in [0.15, 0.2) is 0 Å². The summed E-state index contributed by atoms with van der Waals surface area (Å²) >= 11 is 7.64. The van der Waals surface area contributed by atoms with Gasteiger partial charge in [0.05, 0.1) is 4.34 Å². The minimum Gasteiger partial charge on any atom is -0.385 e. The fourth-order valence-electron chi connectivity index (χ4n) is 2.70. The summed E-state index contributed by atoms with van der Waals surface area (Å²) in [7, 11) is 2.16. The number of nitrogens with one attached hydrogen (secondary N) is 1. The number of anilines is 1. The number of rotatable bonds is 4. The maximum atomic E-state index is 5.98. The molecule has 0 bridgehead atoms. The van der Waals surface area contributed by atoms with Crippen LogP contribution in [0.5, 0.6) is 0 Å². The molecular formula is C16H19ClN2S. The lowest BCUT2D eigenvalue weighted by atomic mass is 10.0. The predicted octanol–water partition coefficient (Wildman–Crippen LogP) is 4.39. The average Bonchev–Trinajstić information content (AvgIpc) is 2.83. The van der Waals surface area contributed by atoms with Crippen LogP contribution >= 0.6 is 22.9 Å². The third-order valence-corrected chi connectivity index (χ3v) is 4.83. The van der Waals surface area contributed by atoms with E-state index in [0.29, 0.717) is 0 Å². The Morgan fingerprint density at radius 3 is 2.95 bits per heavy atom. The molecule has 0 fully saturated rings. The monoisotopic (exact) mass is 306 g/mol. The molecule has 0 amide bonds. The molecule has 0 atom stereocenters. The molecule has 0 radical (unpaired) electrons. The molecule has 2 heterocycles. The lowest BCUT2D eigenvalue weighted by Crippen LogP contribution is -2.17. The number of thiophene rings is 1. The Bertz CT molecular complexity index is 594. The number of halogens is 1. The van der Waals surface area contributed by atoms with Gasteiger partial charge in [-0.15, -0.1) is 11.3 Å². The smallest absolute Gasteiger partial charge is 0.0931 e. The van der Waals surface area contributed by atoms with Crippen LogP contribution in [0.15, 0.2) is 30.3 Å². The van der Waals surface area contributed by atoms with Crippen molar-refractivity contribution in [1.82, 2.24) is 4.90 Å². The van der Waals surface area contributed by atoms with Crippen molar-refractivity contribution >= 4 is 28.6 Å². The fourth-order valence-corrected chi connectivity index (χ4v) is 3.86. The number of aryl methyl sites for hydroxylation is 1. The highest BCUT2D eigenvalue weighted by Crippen LogP contribution is 2.25.